The van der Waals surface area contributed by atoms with E-state index in [2.05, 4.69) is 9.88 Å². The van der Waals surface area contributed by atoms with Gasteiger partial charge in [-0.25, -0.2) is 14.8 Å². The van der Waals surface area contributed by atoms with Gasteiger partial charge < -0.3 is 19.1 Å². The quantitative estimate of drug-likeness (QED) is 0.500. The molecule has 3 aromatic rings. The number of carbonyl (C=O) groups is 1. The van der Waals surface area contributed by atoms with E-state index in [0.717, 1.165) is 34.7 Å². The first-order chi connectivity index (χ1) is 13.2. The topological polar surface area (TPSA) is 73.8 Å². The monoisotopic (exact) mass is 385 g/mol. The fourth-order valence-corrected chi connectivity index (χ4v) is 3.76. The number of fused-ring (bicyclic) bond motifs is 1. The molecule has 0 aliphatic carbocycles. The predicted octanol–water partition coefficient (Wildman–Crippen LogP) is 3.73. The van der Waals surface area contributed by atoms with E-state index in [-0.39, 0.29) is 6.61 Å². The number of carbonyl (C=O) groups excluding carboxylic acids is 1. The molecule has 0 unspecified atom stereocenters. The molecular formula is C19H19N3O4S. The summed E-state index contributed by atoms with van der Waals surface area (Å²) < 4.78 is 16.6. The van der Waals surface area contributed by atoms with Crippen molar-refractivity contribution in [2.45, 2.75) is 6.92 Å². The van der Waals surface area contributed by atoms with Crippen molar-refractivity contribution in [2.75, 3.05) is 37.8 Å². The number of thiophene rings is 1. The van der Waals surface area contributed by atoms with Gasteiger partial charge in [0.1, 0.15) is 5.75 Å². The van der Waals surface area contributed by atoms with Crippen molar-refractivity contribution in [3.8, 4) is 17.1 Å². The van der Waals surface area contributed by atoms with Crippen molar-refractivity contribution in [1.29, 1.82) is 0 Å². The van der Waals surface area contributed by atoms with Crippen molar-refractivity contribution >= 4 is 33.5 Å². The summed E-state index contributed by atoms with van der Waals surface area (Å²) in [7, 11) is 0. The van der Waals surface area contributed by atoms with Gasteiger partial charge in [0.05, 0.1) is 30.0 Å². The predicted molar refractivity (Wildman–Crippen MR) is 104 cm³/mol. The molecule has 1 saturated heterocycles. The Bertz CT molecular complexity index is 953. The lowest BCUT2D eigenvalue weighted by Gasteiger charge is -2.28. The Balaban J connectivity index is 1.70. The minimum absolute atomic E-state index is 0.263. The van der Waals surface area contributed by atoms with Crippen molar-refractivity contribution in [3.05, 3.63) is 35.7 Å². The number of hydrogen-bond donors (Lipinski definition) is 0. The summed E-state index contributed by atoms with van der Waals surface area (Å²) in [6, 6.07) is 9.14. The van der Waals surface area contributed by atoms with Gasteiger partial charge in [-0.3, -0.25) is 0 Å². The van der Waals surface area contributed by atoms with Gasteiger partial charge in [0, 0.05) is 18.7 Å². The third kappa shape index (κ3) is 3.86. The van der Waals surface area contributed by atoms with Crippen LogP contribution < -0.4 is 9.64 Å². The van der Waals surface area contributed by atoms with Crippen molar-refractivity contribution < 1.29 is 19.0 Å². The molecule has 0 amide bonds. The Kier molecular flexibility index (Phi) is 5.17. The van der Waals surface area contributed by atoms with Crippen LogP contribution in [0.5, 0.6) is 5.75 Å². The largest absolute Gasteiger partial charge is 0.513 e. The summed E-state index contributed by atoms with van der Waals surface area (Å²) >= 11 is 1.64. The number of anilines is 1. The molecule has 2 aromatic heterocycles. The van der Waals surface area contributed by atoms with Crippen LogP contribution in [0.2, 0.25) is 0 Å². The van der Waals surface area contributed by atoms with Gasteiger partial charge in [-0.05, 0) is 30.5 Å². The van der Waals surface area contributed by atoms with Crippen LogP contribution in [0.25, 0.3) is 21.6 Å². The zero-order valence-electron chi connectivity index (χ0n) is 14.9. The fourth-order valence-electron chi connectivity index (χ4n) is 2.91. The van der Waals surface area contributed by atoms with Crippen LogP contribution in [-0.2, 0) is 9.47 Å². The number of aromatic nitrogens is 2. The zero-order chi connectivity index (χ0) is 18.6. The number of nitrogens with zero attached hydrogens (tertiary/aromatic N) is 3. The van der Waals surface area contributed by atoms with E-state index >= 15 is 0 Å². The van der Waals surface area contributed by atoms with Crippen LogP contribution >= 0.6 is 11.3 Å². The van der Waals surface area contributed by atoms with Gasteiger partial charge in [0.2, 0.25) is 0 Å². The second-order valence-corrected chi connectivity index (χ2v) is 6.83. The highest BCUT2D eigenvalue weighted by atomic mass is 32.1. The maximum atomic E-state index is 11.6. The van der Waals surface area contributed by atoms with Gasteiger partial charge in [0.15, 0.2) is 11.6 Å². The first kappa shape index (κ1) is 17.7. The highest BCUT2D eigenvalue weighted by Gasteiger charge is 2.19. The average Bonchev–Trinajstić information content (AvgIpc) is 3.17. The summed E-state index contributed by atoms with van der Waals surface area (Å²) in [5.74, 6) is 1.91. The fraction of sp³-hybridized carbons (Fsp3) is 0.316. The van der Waals surface area contributed by atoms with Crippen LogP contribution in [-0.4, -0.2) is 49.0 Å². The van der Waals surface area contributed by atoms with E-state index in [9.17, 15) is 4.79 Å². The van der Waals surface area contributed by atoms with Gasteiger partial charge in [-0.1, -0.05) is 12.1 Å². The lowest BCUT2D eigenvalue weighted by molar-refractivity contribution is 0.104. The second-order valence-electron chi connectivity index (χ2n) is 5.92. The molecule has 0 saturated carbocycles. The zero-order valence-corrected chi connectivity index (χ0v) is 15.7. The molecule has 8 heteroatoms. The number of hydrogen-bond acceptors (Lipinski definition) is 8. The Morgan fingerprint density at radius 3 is 2.93 bits per heavy atom. The molecule has 0 atom stereocenters. The maximum Gasteiger partial charge on any atom is 0.513 e. The van der Waals surface area contributed by atoms with E-state index < -0.39 is 6.16 Å². The van der Waals surface area contributed by atoms with E-state index in [1.54, 1.807) is 36.5 Å². The summed E-state index contributed by atoms with van der Waals surface area (Å²) in [6.45, 7) is 4.98. The Hall–Kier alpha value is -2.71. The summed E-state index contributed by atoms with van der Waals surface area (Å²) in [6.07, 6.45) is -0.724. The highest BCUT2D eigenvalue weighted by Crippen LogP contribution is 2.32. The average molecular weight is 385 g/mol. The molecule has 0 N–H and O–H groups in total. The third-order valence-electron chi connectivity index (χ3n) is 4.15. The Morgan fingerprint density at radius 1 is 1.26 bits per heavy atom. The van der Waals surface area contributed by atoms with Gasteiger partial charge in [-0.2, -0.15) is 0 Å². The molecule has 0 radical (unpaired) electrons. The molecule has 4 rings (SSSR count). The van der Waals surface area contributed by atoms with E-state index in [4.69, 9.17) is 19.2 Å². The molecule has 0 spiro atoms. The van der Waals surface area contributed by atoms with Crippen molar-refractivity contribution in [2.24, 2.45) is 0 Å². The Labute approximate surface area is 160 Å². The van der Waals surface area contributed by atoms with Crippen molar-refractivity contribution in [3.63, 3.8) is 0 Å². The molecule has 3 heterocycles. The molecule has 0 bridgehead atoms. The van der Waals surface area contributed by atoms with E-state index in [0.29, 0.717) is 24.8 Å². The van der Waals surface area contributed by atoms with Crippen LogP contribution in [0.3, 0.4) is 0 Å². The normalized spacial score (nSPS) is 14.3. The van der Waals surface area contributed by atoms with Gasteiger partial charge in [0.25, 0.3) is 0 Å². The Morgan fingerprint density at radius 2 is 2.11 bits per heavy atom. The number of morpholine rings is 1. The first-order valence-electron chi connectivity index (χ1n) is 8.77. The molecule has 1 fully saturated rings. The minimum Gasteiger partial charge on any atom is -0.434 e. The molecule has 1 aliphatic rings. The van der Waals surface area contributed by atoms with Gasteiger partial charge in [-0.15, -0.1) is 11.3 Å². The molecule has 1 aliphatic heterocycles. The maximum absolute atomic E-state index is 11.6. The van der Waals surface area contributed by atoms with Crippen LogP contribution in [0.4, 0.5) is 10.6 Å². The smallest absolute Gasteiger partial charge is 0.434 e. The summed E-state index contributed by atoms with van der Waals surface area (Å²) in [4.78, 5) is 23.3. The molecule has 1 aromatic carbocycles. The molecular weight excluding hydrogens is 366 g/mol. The van der Waals surface area contributed by atoms with E-state index in [1.807, 2.05) is 17.5 Å². The van der Waals surface area contributed by atoms with E-state index in [1.165, 1.54) is 0 Å². The lowest BCUT2D eigenvalue weighted by Crippen LogP contribution is -2.36. The molecule has 27 heavy (non-hydrogen) atoms. The number of benzene rings is 1. The molecule has 140 valence electrons. The summed E-state index contributed by atoms with van der Waals surface area (Å²) in [5, 5.41) is 2.02. The lowest BCUT2D eigenvalue weighted by atomic mass is 10.2. The van der Waals surface area contributed by atoms with Crippen LogP contribution in [0.1, 0.15) is 6.92 Å². The summed E-state index contributed by atoms with van der Waals surface area (Å²) in [5.41, 5.74) is 1.68. The van der Waals surface area contributed by atoms with Crippen LogP contribution in [0.15, 0.2) is 35.7 Å². The highest BCUT2D eigenvalue weighted by molar-refractivity contribution is 7.17. The third-order valence-corrected chi connectivity index (χ3v) is 5.05. The number of ether oxygens (including phenoxy) is 3. The number of rotatable bonds is 4. The standard InChI is InChI=1S/C19H19N3O4S/c1-2-25-19(23)26-14-5-3-4-13(12-14)17-20-15-6-11-27-16(15)18(21-17)22-7-9-24-10-8-22/h3-6,11-12H,2,7-10H2,1H3. The second kappa shape index (κ2) is 7.89. The minimum atomic E-state index is -0.724. The van der Waals surface area contributed by atoms with Crippen LogP contribution in [0, 0.1) is 0 Å². The van der Waals surface area contributed by atoms with Gasteiger partial charge >= 0.3 is 6.16 Å². The SMILES string of the molecule is CCOC(=O)Oc1cccc(-c2nc(N3CCOCC3)c3sccc3n2)c1. The first-order valence-corrected chi connectivity index (χ1v) is 9.65. The molecule has 7 nitrogen and oxygen atoms in total. The van der Waals surface area contributed by atoms with Crippen molar-refractivity contribution in [1.82, 2.24) is 9.97 Å².